The van der Waals surface area contributed by atoms with Crippen LogP contribution in [0.15, 0.2) is 61.1 Å². The van der Waals surface area contributed by atoms with Crippen LogP contribution in [-0.4, -0.2) is 148 Å². The Hall–Kier alpha value is -7.28. The summed E-state index contributed by atoms with van der Waals surface area (Å²) < 4.78 is 44.1. The zero-order valence-electron chi connectivity index (χ0n) is 39.1. The van der Waals surface area contributed by atoms with Crippen LogP contribution in [0.3, 0.4) is 0 Å². The standard InChI is InChI=1S/C49H55F2N13O6/c1-3-70-36-26-38(45-33(27-52)29-54-64(45)30-36)32-4-9-42(53-28-32)62-15-12-49(13-16-62,57-47(67)39-24-34(50)5-8-40(39)51)31-61-19-17-60(18-20-61)21-23-69-22-11-44(66)55-35-6-7-37-41(25-35)59(2)58-46(37)63-14-10-43(65)56-48(63)68/h4-9,24,26,28-30,35H,3,10-23,25,31H2,1-2H3,(H,55,66)(H,57,67)(H,56,65,68). The number of nitriles is 1. The molecule has 3 saturated heterocycles. The highest BCUT2D eigenvalue weighted by Gasteiger charge is 2.39. The summed E-state index contributed by atoms with van der Waals surface area (Å²) in [6, 6.07) is 10.1. The van der Waals surface area contributed by atoms with Crippen molar-refractivity contribution >= 4 is 47.0 Å². The van der Waals surface area contributed by atoms with E-state index in [-0.39, 0.29) is 49.4 Å². The summed E-state index contributed by atoms with van der Waals surface area (Å²) in [5.74, 6) is -0.756. The SMILES string of the molecule is CCOc1cc(-c2ccc(N3CCC(CN4CCN(CCOCCC(=O)NC5C=Cc6c(N7CCC(=O)NC7=O)nn(C)c6C5)CC4)(NC(=O)c4cc(F)ccc4F)CC3)nc2)c2c(C#N)cnn2c1. The van der Waals surface area contributed by atoms with Crippen molar-refractivity contribution in [1.29, 1.82) is 5.26 Å². The highest BCUT2D eigenvalue weighted by molar-refractivity contribution is 6.06. The molecule has 0 spiro atoms. The minimum Gasteiger partial charge on any atom is -0.492 e. The van der Waals surface area contributed by atoms with Crippen LogP contribution >= 0.6 is 0 Å². The molecule has 1 aromatic carbocycles. The number of piperidine rings is 1. The van der Waals surface area contributed by atoms with Gasteiger partial charge in [-0.15, -0.1) is 0 Å². The van der Waals surface area contributed by atoms with Crippen molar-refractivity contribution in [3.05, 3.63) is 95.1 Å². The lowest BCUT2D eigenvalue weighted by Crippen LogP contribution is -2.62. The van der Waals surface area contributed by atoms with Crippen LogP contribution in [0.25, 0.3) is 22.7 Å². The first kappa shape index (κ1) is 47.8. The monoisotopic (exact) mass is 959 g/mol. The third kappa shape index (κ3) is 10.5. The Kier molecular flexibility index (Phi) is 14.2. The molecule has 5 aromatic rings. The predicted molar refractivity (Wildman–Crippen MR) is 254 cm³/mol. The van der Waals surface area contributed by atoms with E-state index in [4.69, 9.17) is 14.5 Å². The minimum atomic E-state index is -0.790. The lowest BCUT2D eigenvalue weighted by molar-refractivity contribution is -0.122. The number of rotatable bonds is 16. The first-order valence-electron chi connectivity index (χ1n) is 23.6. The smallest absolute Gasteiger partial charge is 0.329 e. The van der Waals surface area contributed by atoms with Crippen molar-refractivity contribution in [3.63, 3.8) is 0 Å². The number of nitrogens with one attached hydrogen (secondary N) is 3. The summed E-state index contributed by atoms with van der Waals surface area (Å²) in [4.78, 5) is 63.7. The van der Waals surface area contributed by atoms with E-state index >= 15 is 0 Å². The number of amides is 5. The van der Waals surface area contributed by atoms with Gasteiger partial charge in [0, 0.05) is 114 Å². The van der Waals surface area contributed by atoms with E-state index < -0.39 is 29.1 Å². The minimum absolute atomic E-state index is 0.142. The van der Waals surface area contributed by atoms with Crippen molar-refractivity contribution in [2.45, 2.75) is 50.6 Å². The number of fused-ring (bicyclic) bond motifs is 2. The number of hydrogen-bond donors (Lipinski definition) is 3. The number of aryl methyl sites for hydroxylation is 1. The van der Waals surface area contributed by atoms with Crippen molar-refractivity contribution in [2.75, 3.05) is 88.5 Å². The number of halogens is 2. The summed E-state index contributed by atoms with van der Waals surface area (Å²) in [6.07, 6.45) is 10.7. The van der Waals surface area contributed by atoms with E-state index in [9.17, 15) is 33.2 Å². The number of urea groups is 1. The van der Waals surface area contributed by atoms with E-state index in [0.29, 0.717) is 81.3 Å². The Balaban J connectivity index is 0.757. The van der Waals surface area contributed by atoms with Crippen molar-refractivity contribution in [1.82, 2.24) is 50.1 Å². The number of piperazine rings is 1. The summed E-state index contributed by atoms with van der Waals surface area (Å²) in [6.45, 7) is 8.60. The molecule has 1 atom stereocenters. The molecule has 1 unspecified atom stereocenters. The zero-order chi connectivity index (χ0) is 48.9. The molecule has 3 fully saturated rings. The number of carbonyl (C=O) groups excluding carboxylic acids is 4. The largest absolute Gasteiger partial charge is 0.492 e. The summed E-state index contributed by atoms with van der Waals surface area (Å²) in [7, 11) is 1.79. The Labute approximate surface area is 403 Å². The molecule has 0 bridgehead atoms. The maximum Gasteiger partial charge on any atom is 0.329 e. The first-order valence-corrected chi connectivity index (χ1v) is 23.6. The van der Waals surface area contributed by atoms with Gasteiger partial charge in [-0.25, -0.2) is 23.1 Å². The second kappa shape index (κ2) is 20.8. The lowest BCUT2D eigenvalue weighted by Gasteiger charge is -2.46. The van der Waals surface area contributed by atoms with Crippen LogP contribution in [0.4, 0.5) is 25.2 Å². The number of benzene rings is 1. The number of pyridine rings is 2. The topological polar surface area (TPSA) is 208 Å². The van der Waals surface area contributed by atoms with Gasteiger partial charge in [0.15, 0.2) is 5.82 Å². The second-order valence-electron chi connectivity index (χ2n) is 18.0. The average Bonchev–Trinajstić information content (AvgIpc) is 3.92. The van der Waals surface area contributed by atoms with Crippen LogP contribution in [0.1, 0.15) is 59.8 Å². The van der Waals surface area contributed by atoms with Gasteiger partial charge in [-0.3, -0.25) is 39.1 Å². The van der Waals surface area contributed by atoms with Crippen LogP contribution in [0.5, 0.6) is 5.75 Å². The Bertz CT molecular complexity index is 2840. The van der Waals surface area contributed by atoms with Gasteiger partial charge in [0.1, 0.15) is 29.3 Å². The third-order valence-electron chi connectivity index (χ3n) is 13.4. The van der Waals surface area contributed by atoms with Crippen molar-refractivity contribution in [3.8, 4) is 22.9 Å². The number of nitrogens with zero attached hydrogens (tertiary/aromatic N) is 10. The number of aromatic nitrogens is 5. The number of hydrogen-bond acceptors (Lipinski definition) is 13. The molecule has 3 N–H and O–H groups in total. The molecule has 3 aliphatic heterocycles. The fourth-order valence-corrected chi connectivity index (χ4v) is 9.71. The van der Waals surface area contributed by atoms with Gasteiger partial charge in [0.25, 0.3) is 5.91 Å². The van der Waals surface area contributed by atoms with E-state index in [1.165, 1.54) is 11.1 Å². The van der Waals surface area contributed by atoms with E-state index in [1.807, 2.05) is 37.3 Å². The Morgan fingerprint density at radius 2 is 1.80 bits per heavy atom. The summed E-state index contributed by atoms with van der Waals surface area (Å²) in [5, 5.41) is 27.2. The molecule has 19 nitrogen and oxygen atoms in total. The van der Waals surface area contributed by atoms with Gasteiger partial charge in [-0.1, -0.05) is 12.2 Å². The van der Waals surface area contributed by atoms with Crippen molar-refractivity contribution < 1.29 is 37.4 Å². The number of carbonyl (C=O) groups is 4. The normalized spacial score (nSPS) is 18.4. The van der Waals surface area contributed by atoms with Crippen LogP contribution in [0, 0.1) is 23.0 Å². The fourth-order valence-electron chi connectivity index (χ4n) is 9.71. The highest BCUT2D eigenvalue weighted by Crippen LogP contribution is 2.34. The molecule has 5 amide bonds. The molecule has 9 rings (SSSR count). The molecule has 366 valence electrons. The average molecular weight is 960 g/mol. The lowest BCUT2D eigenvalue weighted by atomic mass is 9.86. The van der Waals surface area contributed by atoms with E-state index in [2.05, 4.69) is 46.9 Å². The third-order valence-corrected chi connectivity index (χ3v) is 13.4. The second-order valence-corrected chi connectivity index (χ2v) is 18.0. The van der Waals surface area contributed by atoms with Crippen LogP contribution in [0.2, 0.25) is 0 Å². The van der Waals surface area contributed by atoms with E-state index in [0.717, 1.165) is 72.6 Å². The Morgan fingerprint density at radius 3 is 2.54 bits per heavy atom. The predicted octanol–water partition coefficient (Wildman–Crippen LogP) is 3.67. The van der Waals surface area contributed by atoms with Gasteiger partial charge in [0.2, 0.25) is 11.8 Å². The fraction of sp³-hybridized carbons (Fsp3) is 0.429. The number of ether oxygens (including phenoxy) is 2. The molecule has 0 radical (unpaired) electrons. The maximum absolute atomic E-state index is 14.9. The molecule has 0 saturated carbocycles. The molecular weight excluding hydrogens is 905 g/mol. The van der Waals surface area contributed by atoms with Crippen molar-refractivity contribution in [2.24, 2.45) is 7.05 Å². The van der Waals surface area contributed by atoms with Crippen LogP contribution < -0.4 is 30.5 Å². The van der Waals surface area contributed by atoms with Gasteiger partial charge >= 0.3 is 6.03 Å². The first-order chi connectivity index (χ1) is 33.9. The molecule has 4 aromatic heterocycles. The number of anilines is 2. The molecule has 4 aliphatic rings. The molecular formula is C49H55F2N13O6. The van der Waals surface area contributed by atoms with Gasteiger partial charge in [0.05, 0.1) is 60.4 Å². The maximum atomic E-state index is 14.9. The molecule has 7 heterocycles. The highest BCUT2D eigenvalue weighted by atomic mass is 19.1. The van der Waals surface area contributed by atoms with E-state index in [1.54, 1.807) is 28.6 Å². The quantitative estimate of drug-likeness (QED) is 0.121. The molecule has 1 aliphatic carbocycles. The molecule has 21 heteroatoms. The number of imide groups is 1. The zero-order valence-corrected chi connectivity index (χ0v) is 39.1. The summed E-state index contributed by atoms with van der Waals surface area (Å²) in [5.41, 5.74) is 3.25. The van der Waals surface area contributed by atoms with Gasteiger partial charge < -0.3 is 25.0 Å². The molecule has 70 heavy (non-hydrogen) atoms. The van der Waals surface area contributed by atoms with Gasteiger partial charge in [-0.2, -0.15) is 15.5 Å². The summed E-state index contributed by atoms with van der Waals surface area (Å²) >= 11 is 0. The Morgan fingerprint density at radius 1 is 1.00 bits per heavy atom. The van der Waals surface area contributed by atoms with Crippen LogP contribution in [-0.2, 0) is 27.8 Å². The van der Waals surface area contributed by atoms with Gasteiger partial charge in [-0.05, 0) is 56.2 Å².